The highest BCUT2D eigenvalue weighted by atomic mass is 16.5. The van der Waals surface area contributed by atoms with Crippen LogP contribution in [0.1, 0.15) is 44.5 Å². The largest absolute Gasteiger partial charge is 0.383 e. The lowest BCUT2D eigenvalue weighted by molar-refractivity contribution is 0.118. The fraction of sp³-hybridized carbons (Fsp3) is 0.714. The molecule has 1 aromatic heterocycles. The monoisotopic (exact) mass is 264 g/mol. The van der Waals surface area contributed by atoms with E-state index < -0.39 is 0 Å². The van der Waals surface area contributed by atoms with Crippen molar-refractivity contribution in [2.45, 2.75) is 52.2 Å². The number of nitrogen functional groups attached to an aromatic ring is 1. The fourth-order valence-corrected chi connectivity index (χ4v) is 2.53. The summed E-state index contributed by atoms with van der Waals surface area (Å²) < 4.78 is 5.64. The zero-order valence-electron chi connectivity index (χ0n) is 12.5. The van der Waals surface area contributed by atoms with Gasteiger partial charge >= 0.3 is 0 Å². The second-order valence-electron chi connectivity index (χ2n) is 5.61. The lowest BCUT2D eigenvalue weighted by Crippen LogP contribution is -2.38. The molecule has 19 heavy (non-hydrogen) atoms. The van der Waals surface area contributed by atoms with Crippen molar-refractivity contribution in [1.29, 1.82) is 0 Å². The van der Waals surface area contributed by atoms with Crippen LogP contribution in [0.5, 0.6) is 0 Å². The quantitative estimate of drug-likeness (QED) is 0.905. The Morgan fingerprint density at radius 3 is 2.58 bits per heavy atom. The molecule has 2 unspecified atom stereocenters. The van der Waals surface area contributed by atoms with Crippen molar-refractivity contribution in [3.63, 3.8) is 0 Å². The van der Waals surface area contributed by atoms with Crippen molar-refractivity contribution < 1.29 is 4.74 Å². The molecule has 1 aliphatic heterocycles. The van der Waals surface area contributed by atoms with Crippen molar-refractivity contribution in [1.82, 2.24) is 9.97 Å². The Kier molecular flexibility index (Phi) is 3.94. The standard InChI is InChI=1S/C14H24N4O/c1-8(2)13-16-12(15)9(3)14(17-13)18(5)11-6-7-19-10(11)4/h8,10-11H,6-7H2,1-5H3,(H2,15,16,17). The van der Waals surface area contributed by atoms with E-state index in [1.165, 1.54) is 0 Å². The first-order chi connectivity index (χ1) is 8.91. The topological polar surface area (TPSA) is 64.3 Å². The molecule has 1 aromatic rings. The molecule has 0 bridgehead atoms. The molecule has 0 saturated carbocycles. The Labute approximate surface area is 115 Å². The maximum absolute atomic E-state index is 6.02. The van der Waals surface area contributed by atoms with Crippen LogP contribution in [0.3, 0.4) is 0 Å². The van der Waals surface area contributed by atoms with Gasteiger partial charge in [-0.05, 0) is 20.3 Å². The van der Waals surface area contributed by atoms with Crippen LogP contribution < -0.4 is 10.6 Å². The third kappa shape index (κ3) is 2.66. The summed E-state index contributed by atoms with van der Waals surface area (Å²) in [7, 11) is 2.06. The van der Waals surface area contributed by atoms with Gasteiger partial charge in [0.15, 0.2) is 0 Å². The number of nitrogens with zero attached hydrogens (tertiary/aromatic N) is 3. The normalized spacial score (nSPS) is 23.1. The molecule has 1 aliphatic rings. The predicted octanol–water partition coefficient (Wildman–Crippen LogP) is 2.10. The number of aromatic nitrogens is 2. The van der Waals surface area contributed by atoms with E-state index in [2.05, 4.69) is 37.7 Å². The summed E-state index contributed by atoms with van der Waals surface area (Å²) in [6.45, 7) is 9.06. The first-order valence-electron chi connectivity index (χ1n) is 6.90. The second-order valence-corrected chi connectivity index (χ2v) is 5.61. The lowest BCUT2D eigenvalue weighted by atomic mass is 10.1. The highest BCUT2D eigenvalue weighted by Gasteiger charge is 2.30. The predicted molar refractivity (Wildman–Crippen MR) is 77.5 cm³/mol. The van der Waals surface area contributed by atoms with Gasteiger partial charge in [0.2, 0.25) is 0 Å². The van der Waals surface area contributed by atoms with Crippen LogP contribution in [0.25, 0.3) is 0 Å². The molecule has 0 spiro atoms. The molecule has 5 nitrogen and oxygen atoms in total. The number of hydrogen-bond acceptors (Lipinski definition) is 5. The van der Waals surface area contributed by atoms with Crippen LogP contribution >= 0.6 is 0 Å². The van der Waals surface area contributed by atoms with E-state index >= 15 is 0 Å². The van der Waals surface area contributed by atoms with E-state index in [1.54, 1.807) is 0 Å². The van der Waals surface area contributed by atoms with E-state index in [1.807, 2.05) is 6.92 Å². The summed E-state index contributed by atoms with van der Waals surface area (Å²) in [5.74, 6) is 2.58. The molecule has 1 saturated heterocycles. The molecule has 2 heterocycles. The van der Waals surface area contributed by atoms with Gasteiger partial charge in [-0.15, -0.1) is 0 Å². The molecule has 2 atom stereocenters. The maximum Gasteiger partial charge on any atom is 0.137 e. The van der Waals surface area contributed by atoms with Crippen LogP contribution in [0.2, 0.25) is 0 Å². The summed E-state index contributed by atoms with van der Waals surface area (Å²) in [5, 5.41) is 0. The molecular weight excluding hydrogens is 240 g/mol. The summed E-state index contributed by atoms with van der Waals surface area (Å²) in [4.78, 5) is 11.3. The van der Waals surface area contributed by atoms with Crippen molar-refractivity contribution in [3.8, 4) is 0 Å². The second kappa shape index (κ2) is 5.33. The molecule has 106 valence electrons. The summed E-state index contributed by atoms with van der Waals surface area (Å²) >= 11 is 0. The zero-order valence-corrected chi connectivity index (χ0v) is 12.5. The molecule has 0 aromatic carbocycles. The Morgan fingerprint density at radius 2 is 2.05 bits per heavy atom. The maximum atomic E-state index is 6.02. The van der Waals surface area contributed by atoms with E-state index in [0.717, 1.165) is 30.2 Å². The van der Waals surface area contributed by atoms with Crippen LogP contribution in [0.4, 0.5) is 11.6 Å². The van der Waals surface area contributed by atoms with E-state index in [0.29, 0.717) is 11.9 Å². The van der Waals surface area contributed by atoms with E-state index in [9.17, 15) is 0 Å². The molecule has 2 N–H and O–H groups in total. The fourth-order valence-electron chi connectivity index (χ4n) is 2.53. The molecule has 2 rings (SSSR count). The minimum atomic E-state index is 0.225. The molecule has 0 radical (unpaired) electrons. The third-order valence-corrected chi connectivity index (χ3v) is 3.86. The van der Waals surface area contributed by atoms with Crippen LogP contribution in [0.15, 0.2) is 0 Å². The van der Waals surface area contributed by atoms with Gasteiger partial charge in [-0.2, -0.15) is 0 Å². The van der Waals surface area contributed by atoms with Gasteiger partial charge in [-0.25, -0.2) is 9.97 Å². The van der Waals surface area contributed by atoms with E-state index in [4.69, 9.17) is 15.5 Å². The SMILES string of the molecule is Cc1c(N)nc(C(C)C)nc1N(C)C1CCOC1C. The average Bonchev–Trinajstić information content (AvgIpc) is 2.77. The number of likely N-dealkylation sites (N-methyl/N-ethyl adjacent to an activating group) is 1. The summed E-state index contributed by atoms with van der Waals surface area (Å²) in [6, 6.07) is 0.355. The molecular formula is C14H24N4O. The van der Waals surface area contributed by atoms with Gasteiger partial charge in [0.25, 0.3) is 0 Å². The van der Waals surface area contributed by atoms with Crippen LogP contribution in [-0.4, -0.2) is 35.8 Å². The highest BCUT2D eigenvalue weighted by molar-refractivity contribution is 5.57. The molecule has 0 amide bonds. The minimum absolute atomic E-state index is 0.225. The summed E-state index contributed by atoms with van der Waals surface area (Å²) in [5.41, 5.74) is 6.97. The van der Waals surface area contributed by atoms with Gasteiger partial charge in [0.1, 0.15) is 17.5 Å². The van der Waals surface area contributed by atoms with E-state index in [-0.39, 0.29) is 12.0 Å². The lowest BCUT2D eigenvalue weighted by Gasteiger charge is -2.29. The number of anilines is 2. The number of nitrogens with two attached hydrogens (primary N) is 1. The third-order valence-electron chi connectivity index (χ3n) is 3.86. The number of hydrogen-bond donors (Lipinski definition) is 1. The Bertz CT molecular complexity index is 461. The van der Waals surface area contributed by atoms with Crippen molar-refractivity contribution in [3.05, 3.63) is 11.4 Å². The van der Waals surface area contributed by atoms with Gasteiger partial charge in [-0.1, -0.05) is 13.8 Å². The number of rotatable bonds is 3. The molecule has 0 aliphatic carbocycles. The van der Waals surface area contributed by atoms with Crippen LogP contribution in [0, 0.1) is 6.92 Å². The Morgan fingerprint density at radius 1 is 1.37 bits per heavy atom. The smallest absolute Gasteiger partial charge is 0.137 e. The van der Waals surface area contributed by atoms with Crippen molar-refractivity contribution in [2.24, 2.45) is 0 Å². The molecule has 1 fully saturated rings. The first kappa shape index (κ1) is 14.1. The highest BCUT2D eigenvalue weighted by Crippen LogP contribution is 2.28. The van der Waals surface area contributed by atoms with Crippen molar-refractivity contribution in [2.75, 3.05) is 24.3 Å². The minimum Gasteiger partial charge on any atom is -0.383 e. The van der Waals surface area contributed by atoms with Gasteiger partial charge in [-0.3, -0.25) is 0 Å². The average molecular weight is 264 g/mol. The van der Waals surface area contributed by atoms with Crippen LogP contribution in [-0.2, 0) is 4.74 Å². The summed E-state index contributed by atoms with van der Waals surface area (Å²) in [6.07, 6.45) is 1.25. The Hall–Kier alpha value is -1.36. The molecule has 5 heteroatoms. The van der Waals surface area contributed by atoms with Crippen molar-refractivity contribution >= 4 is 11.6 Å². The van der Waals surface area contributed by atoms with Gasteiger partial charge < -0.3 is 15.4 Å². The number of ether oxygens (including phenoxy) is 1. The van der Waals surface area contributed by atoms with Gasteiger partial charge in [0.05, 0.1) is 12.1 Å². The first-order valence-corrected chi connectivity index (χ1v) is 6.90. The Balaban J connectivity index is 2.37. The zero-order chi connectivity index (χ0) is 14.2. The van der Waals surface area contributed by atoms with Gasteiger partial charge in [0, 0.05) is 25.1 Å².